The second-order valence-corrected chi connectivity index (χ2v) is 4.94. The molecule has 3 rings (SSSR count). The van der Waals surface area contributed by atoms with Crippen molar-refractivity contribution in [2.45, 2.75) is 0 Å². The molecule has 0 radical (unpaired) electrons. The second kappa shape index (κ2) is 6.41. The number of rotatable bonds is 4. The molecule has 2 aromatic rings. The van der Waals surface area contributed by atoms with Crippen molar-refractivity contribution in [3.63, 3.8) is 0 Å². The van der Waals surface area contributed by atoms with Gasteiger partial charge in [-0.25, -0.2) is 4.79 Å². The minimum Gasteiger partial charge on any atom is -0.465 e. The number of benzene rings is 2. The van der Waals surface area contributed by atoms with E-state index in [1.807, 2.05) is 0 Å². The summed E-state index contributed by atoms with van der Waals surface area (Å²) in [6.45, 7) is 0.121. The molecule has 0 aliphatic carbocycles. The van der Waals surface area contributed by atoms with Gasteiger partial charge in [0.1, 0.15) is 0 Å². The van der Waals surface area contributed by atoms with E-state index in [1.165, 1.54) is 25.3 Å². The standard InChI is InChI=1S/C17H13NO6/c1-22-17(19)13-5-3-2-4-12(13)14(18(20)21)8-11-6-7-15-16(9-11)24-10-23-15/h2-9H,10H2,1H3/b14-8-. The van der Waals surface area contributed by atoms with Crippen LogP contribution in [0.2, 0.25) is 0 Å². The number of hydrogen-bond acceptors (Lipinski definition) is 6. The molecule has 2 aromatic carbocycles. The Morgan fingerprint density at radius 3 is 2.58 bits per heavy atom. The maximum atomic E-state index is 11.9. The van der Waals surface area contributed by atoms with Crippen LogP contribution in [0.15, 0.2) is 42.5 Å². The molecule has 0 bridgehead atoms. The molecule has 0 saturated carbocycles. The van der Waals surface area contributed by atoms with Gasteiger partial charge in [0, 0.05) is 6.08 Å². The Kier molecular flexibility index (Phi) is 4.15. The number of esters is 1. The van der Waals surface area contributed by atoms with Crippen molar-refractivity contribution in [2.75, 3.05) is 13.9 Å². The lowest BCUT2D eigenvalue weighted by Gasteiger charge is -2.06. The molecule has 0 unspecified atom stereocenters. The van der Waals surface area contributed by atoms with Gasteiger partial charge < -0.3 is 14.2 Å². The first-order valence-electron chi connectivity index (χ1n) is 7.03. The van der Waals surface area contributed by atoms with Gasteiger partial charge in [0.15, 0.2) is 11.5 Å². The molecule has 122 valence electrons. The van der Waals surface area contributed by atoms with Gasteiger partial charge in [0.2, 0.25) is 6.79 Å². The SMILES string of the molecule is COC(=O)c1ccccc1/C(=C/c1ccc2c(c1)OCO2)[N+](=O)[O-]. The predicted molar refractivity (Wildman–Crippen MR) is 85.2 cm³/mol. The van der Waals surface area contributed by atoms with Gasteiger partial charge in [0.25, 0.3) is 5.70 Å². The van der Waals surface area contributed by atoms with Crippen molar-refractivity contribution in [2.24, 2.45) is 0 Å². The van der Waals surface area contributed by atoms with Crippen molar-refractivity contribution >= 4 is 17.7 Å². The fourth-order valence-corrected chi connectivity index (χ4v) is 2.38. The van der Waals surface area contributed by atoms with Crippen LogP contribution in [0.25, 0.3) is 11.8 Å². The van der Waals surface area contributed by atoms with Crippen LogP contribution in [0.5, 0.6) is 11.5 Å². The molecule has 0 fully saturated rings. The number of fused-ring (bicyclic) bond motifs is 1. The number of carbonyl (C=O) groups excluding carboxylic acids is 1. The van der Waals surface area contributed by atoms with Crippen LogP contribution < -0.4 is 9.47 Å². The lowest BCUT2D eigenvalue weighted by Crippen LogP contribution is -2.08. The molecular weight excluding hydrogens is 314 g/mol. The first-order valence-corrected chi connectivity index (χ1v) is 7.03. The second-order valence-electron chi connectivity index (χ2n) is 4.94. The highest BCUT2D eigenvalue weighted by Gasteiger charge is 2.23. The van der Waals surface area contributed by atoms with Crippen LogP contribution in [-0.2, 0) is 4.74 Å². The maximum absolute atomic E-state index is 11.9. The van der Waals surface area contributed by atoms with Gasteiger partial charge in [-0.2, -0.15) is 0 Å². The monoisotopic (exact) mass is 327 g/mol. The van der Waals surface area contributed by atoms with Gasteiger partial charge in [-0.3, -0.25) is 10.1 Å². The van der Waals surface area contributed by atoms with Gasteiger partial charge >= 0.3 is 5.97 Å². The zero-order valence-corrected chi connectivity index (χ0v) is 12.7. The van der Waals surface area contributed by atoms with Crippen molar-refractivity contribution in [1.82, 2.24) is 0 Å². The number of nitrogens with zero attached hydrogens (tertiary/aromatic N) is 1. The number of methoxy groups -OCH3 is 1. The number of hydrogen-bond donors (Lipinski definition) is 0. The molecule has 0 amide bonds. The molecule has 7 heteroatoms. The third-order valence-electron chi connectivity index (χ3n) is 3.51. The van der Waals surface area contributed by atoms with Gasteiger partial charge in [-0.05, 0) is 29.8 Å². The highest BCUT2D eigenvalue weighted by Crippen LogP contribution is 2.34. The van der Waals surface area contributed by atoms with Crippen molar-refractivity contribution in [3.8, 4) is 11.5 Å². The zero-order chi connectivity index (χ0) is 17.1. The summed E-state index contributed by atoms with van der Waals surface area (Å²) in [5, 5.41) is 11.5. The molecule has 0 spiro atoms. The number of ether oxygens (including phenoxy) is 3. The molecule has 7 nitrogen and oxygen atoms in total. The first kappa shape index (κ1) is 15.5. The van der Waals surface area contributed by atoms with E-state index in [0.717, 1.165) is 0 Å². The molecule has 0 aromatic heterocycles. The summed E-state index contributed by atoms with van der Waals surface area (Å²) in [5.41, 5.74) is 0.663. The fourth-order valence-electron chi connectivity index (χ4n) is 2.38. The quantitative estimate of drug-likeness (QED) is 0.371. The first-order chi connectivity index (χ1) is 11.6. The van der Waals surface area contributed by atoms with E-state index in [0.29, 0.717) is 17.1 Å². The Bertz CT molecular complexity index is 843. The van der Waals surface area contributed by atoms with E-state index >= 15 is 0 Å². The van der Waals surface area contributed by atoms with E-state index in [2.05, 4.69) is 0 Å². The van der Waals surface area contributed by atoms with Crippen LogP contribution in [-0.4, -0.2) is 24.8 Å². The molecule has 24 heavy (non-hydrogen) atoms. The normalized spacial score (nSPS) is 12.8. The lowest BCUT2D eigenvalue weighted by molar-refractivity contribution is -0.374. The third kappa shape index (κ3) is 2.91. The molecule has 1 aliphatic rings. The van der Waals surface area contributed by atoms with Crippen LogP contribution in [0.4, 0.5) is 0 Å². The molecule has 0 N–H and O–H groups in total. The van der Waals surface area contributed by atoms with Gasteiger partial charge in [0.05, 0.1) is 23.2 Å². The highest BCUT2D eigenvalue weighted by atomic mass is 16.7. The molecule has 0 atom stereocenters. The molecule has 0 saturated heterocycles. The number of nitro groups is 1. The largest absolute Gasteiger partial charge is 0.465 e. The van der Waals surface area contributed by atoms with Crippen molar-refractivity contribution in [3.05, 3.63) is 69.3 Å². The fraction of sp³-hybridized carbons (Fsp3) is 0.118. The summed E-state index contributed by atoms with van der Waals surface area (Å²) in [4.78, 5) is 22.9. The third-order valence-corrected chi connectivity index (χ3v) is 3.51. The summed E-state index contributed by atoms with van der Waals surface area (Å²) in [5.74, 6) is 0.474. The number of carbonyl (C=O) groups is 1. The van der Waals surface area contributed by atoms with Crippen LogP contribution in [0, 0.1) is 10.1 Å². The summed E-state index contributed by atoms with van der Waals surface area (Å²) in [7, 11) is 1.23. The zero-order valence-electron chi connectivity index (χ0n) is 12.7. The van der Waals surface area contributed by atoms with E-state index in [-0.39, 0.29) is 23.6 Å². The highest BCUT2D eigenvalue weighted by molar-refractivity contribution is 5.96. The lowest BCUT2D eigenvalue weighted by atomic mass is 10.0. The Morgan fingerprint density at radius 2 is 1.88 bits per heavy atom. The van der Waals surface area contributed by atoms with E-state index in [9.17, 15) is 14.9 Å². The Balaban J connectivity index is 2.08. The summed E-state index contributed by atoms with van der Waals surface area (Å²) in [6.07, 6.45) is 1.38. The average molecular weight is 327 g/mol. The predicted octanol–water partition coefficient (Wildman–Crippen LogP) is 2.98. The Morgan fingerprint density at radius 1 is 1.17 bits per heavy atom. The summed E-state index contributed by atoms with van der Waals surface area (Å²) < 4.78 is 15.2. The van der Waals surface area contributed by atoms with Crippen LogP contribution in [0.3, 0.4) is 0 Å². The average Bonchev–Trinajstić information content (AvgIpc) is 3.06. The topological polar surface area (TPSA) is 87.9 Å². The van der Waals surface area contributed by atoms with Gasteiger partial charge in [-0.1, -0.05) is 18.2 Å². The van der Waals surface area contributed by atoms with Crippen molar-refractivity contribution < 1.29 is 23.9 Å². The molecular formula is C17H13NO6. The van der Waals surface area contributed by atoms with E-state index < -0.39 is 10.9 Å². The Hall–Kier alpha value is -3.35. The van der Waals surface area contributed by atoms with Crippen LogP contribution in [0.1, 0.15) is 21.5 Å². The molecule has 1 aliphatic heterocycles. The summed E-state index contributed by atoms with van der Waals surface area (Å²) >= 11 is 0. The molecule has 1 heterocycles. The van der Waals surface area contributed by atoms with Crippen molar-refractivity contribution in [1.29, 1.82) is 0 Å². The minimum atomic E-state index is -0.635. The van der Waals surface area contributed by atoms with E-state index in [4.69, 9.17) is 14.2 Å². The van der Waals surface area contributed by atoms with E-state index in [1.54, 1.807) is 30.3 Å². The van der Waals surface area contributed by atoms with Crippen LogP contribution >= 0.6 is 0 Å². The maximum Gasteiger partial charge on any atom is 0.338 e. The Labute approximate surface area is 137 Å². The smallest absolute Gasteiger partial charge is 0.338 e. The van der Waals surface area contributed by atoms with Gasteiger partial charge in [-0.15, -0.1) is 0 Å². The minimum absolute atomic E-state index is 0.121. The summed E-state index contributed by atoms with van der Waals surface area (Å²) in [6, 6.07) is 11.2.